The van der Waals surface area contributed by atoms with Crippen LogP contribution in [0.1, 0.15) is 12.8 Å². The minimum Gasteiger partial charge on any atom is -0.0900 e. The summed E-state index contributed by atoms with van der Waals surface area (Å²) >= 11 is 0. The quantitative estimate of drug-likeness (QED) is 0.229. The molecule has 0 saturated heterocycles. The number of hydrogen-bond donors (Lipinski definition) is 0. The van der Waals surface area contributed by atoms with Crippen molar-refractivity contribution >= 4 is 0 Å². The first-order valence-corrected chi connectivity index (χ1v) is 3.62. The van der Waals surface area contributed by atoms with E-state index >= 15 is 0 Å². The van der Waals surface area contributed by atoms with Gasteiger partial charge in [-0.15, -0.1) is 0 Å². The second kappa shape index (κ2) is 2.03. The Balaban J connectivity index is 2.16. The highest BCUT2D eigenvalue weighted by Crippen LogP contribution is 2.40. The van der Waals surface area contributed by atoms with E-state index in [9.17, 15) is 0 Å². The van der Waals surface area contributed by atoms with Crippen molar-refractivity contribution in [2.45, 2.75) is 18.9 Å². The molecule has 0 aromatic rings. The third-order valence-electron chi connectivity index (χ3n) is 2.44. The molecule has 1 fully saturated rings. The Morgan fingerprint density at radius 3 is 2.80 bits per heavy atom. The van der Waals surface area contributed by atoms with Crippen molar-refractivity contribution in [3.8, 4) is 0 Å². The normalized spacial score (nSPS) is 41.8. The Morgan fingerprint density at radius 1 is 1.40 bits per heavy atom. The van der Waals surface area contributed by atoms with Crippen molar-refractivity contribution in [3.05, 3.63) is 22.6 Å². The zero-order valence-electron chi connectivity index (χ0n) is 5.64. The van der Waals surface area contributed by atoms with E-state index in [-0.39, 0.29) is 6.04 Å². The molecule has 0 unspecified atom stereocenters. The van der Waals surface area contributed by atoms with Crippen LogP contribution in [0.15, 0.2) is 17.3 Å². The SMILES string of the molecule is [N-]=[N+]=N[C@H]1C[C@@H]2C=C[C@H]1C2. The third kappa shape index (κ3) is 0.711. The molecule has 0 heterocycles. The lowest BCUT2D eigenvalue weighted by atomic mass is 10.0. The lowest BCUT2D eigenvalue weighted by molar-refractivity contribution is 0.573. The van der Waals surface area contributed by atoms with Crippen LogP contribution in [0.4, 0.5) is 0 Å². The van der Waals surface area contributed by atoms with Crippen LogP contribution in [0, 0.1) is 11.8 Å². The predicted octanol–water partition coefficient (Wildman–Crippen LogP) is 2.26. The summed E-state index contributed by atoms with van der Waals surface area (Å²) in [6.07, 6.45) is 6.72. The van der Waals surface area contributed by atoms with Crippen LogP contribution in [0.3, 0.4) is 0 Å². The average Bonchev–Trinajstić information content (AvgIpc) is 2.48. The van der Waals surface area contributed by atoms with Crippen LogP contribution < -0.4 is 0 Å². The maximum absolute atomic E-state index is 8.19. The summed E-state index contributed by atoms with van der Waals surface area (Å²) in [6, 6.07) is 0.264. The Morgan fingerprint density at radius 2 is 2.30 bits per heavy atom. The van der Waals surface area contributed by atoms with Crippen LogP contribution in [0.25, 0.3) is 10.4 Å². The number of hydrogen-bond acceptors (Lipinski definition) is 1. The van der Waals surface area contributed by atoms with Gasteiger partial charge in [-0.3, -0.25) is 0 Å². The molecule has 0 amide bonds. The Bertz CT molecular complexity index is 215. The van der Waals surface area contributed by atoms with Crippen LogP contribution in [0.2, 0.25) is 0 Å². The first-order valence-electron chi connectivity index (χ1n) is 3.62. The van der Waals surface area contributed by atoms with E-state index in [1.54, 1.807) is 0 Å². The molecule has 2 bridgehead atoms. The zero-order valence-corrected chi connectivity index (χ0v) is 5.64. The van der Waals surface area contributed by atoms with Gasteiger partial charge >= 0.3 is 0 Å². The molecule has 0 aromatic carbocycles. The van der Waals surface area contributed by atoms with Crippen molar-refractivity contribution in [2.75, 3.05) is 0 Å². The van der Waals surface area contributed by atoms with Gasteiger partial charge in [0.15, 0.2) is 0 Å². The summed E-state index contributed by atoms with van der Waals surface area (Å²) in [5.41, 5.74) is 8.19. The first kappa shape index (κ1) is 5.81. The fraction of sp³-hybridized carbons (Fsp3) is 0.714. The Kier molecular flexibility index (Phi) is 1.18. The molecule has 0 aliphatic heterocycles. The molecule has 3 nitrogen and oxygen atoms in total. The van der Waals surface area contributed by atoms with Gasteiger partial charge in [0.1, 0.15) is 0 Å². The molecule has 0 radical (unpaired) electrons. The van der Waals surface area contributed by atoms with Crippen molar-refractivity contribution in [3.63, 3.8) is 0 Å². The molecular weight excluding hydrogens is 126 g/mol. The van der Waals surface area contributed by atoms with Gasteiger partial charge in [0.05, 0.1) is 0 Å². The molecule has 1 saturated carbocycles. The number of allylic oxidation sites excluding steroid dienone is 1. The molecule has 0 spiro atoms. The number of azide groups is 1. The van der Waals surface area contributed by atoms with Crippen molar-refractivity contribution in [2.24, 2.45) is 17.0 Å². The summed E-state index contributed by atoms with van der Waals surface area (Å²) in [5.74, 6) is 1.27. The topological polar surface area (TPSA) is 48.8 Å². The van der Waals surface area contributed by atoms with Gasteiger partial charge in [-0.05, 0) is 30.2 Å². The average molecular weight is 135 g/mol. The van der Waals surface area contributed by atoms with Crippen LogP contribution >= 0.6 is 0 Å². The second-order valence-electron chi connectivity index (χ2n) is 3.05. The van der Waals surface area contributed by atoms with Gasteiger partial charge in [-0.2, -0.15) is 0 Å². The molecule has 52 valence electrons. The van der Waals surface area contributed by atoms with Crippen molar-refractivity contribution in [1.82, 2.24) is 0 Å². The molecule has 2 rings (SSSR count). The second-order valence-corrected chi connectivity index (χ2v) is 3.05. The van der Waals surface area contributed by atoms with E-state index in [4.69, 9.17) is 5.53 Å². The largest absolute Gasteiger partial charge is 0.0900 e. The highest BCUT2D eigenvalue weighted by molar-refractivity contribution is 5.12. The molecule has 10 heavy (non-hydrogen) atoms. The first-order chi connectivity index (χ1) is 4.90. The Labute approximate surface area is 59.4 Å². The van der Waals surface area contributed by atoms with E-state index in [2.05, 4.69) is 22.2 Å². The number of nitrogens with zero attached hydrogens (tertiary/aromatic N) is 3. The van der Waals surface area contributed by atoms with Gasteiger partial charge in [-0.25, -0.2) is 0 Å². The van der Waals surface area contributed by atoms with Crippen LogP contribution in [-0.2, 0) is 0 Å². The summed E-state index contributed by atoms with van der Waals surface area (Å²) in [4.78, 5) is 2.83. The molecule has 2 aliphatic carbocycles. The van der Waals surface area contributed by atoms with E-state index in [1.807, 2.05) is 0 Å². The highest BCUT2D eigenvalue weighted by Gasteiger charge is 2.34. The van der Waals surface area contributed by atoms with Crippen molar-refractivity contribution < 1.29 is 0 Å². The van der Waals surface area contributed by atoms with Crippen LogP contribution in [-0.4, -0.2) is 6.04 Å². The standard InChI is InChI=1S/C7H9N3/c8-10-9-7-4-5-1-2-6(7)3-5/h1-2,5-7H,3-4H2/t5-,6+,7+/m1/s1. The summed E-state index contributed by atoms with van der Waals surface area (Å²) < 4.78 is 0. The minimum absolute atomic E-state index is 0.264. The summed E-state index contributed by atoms with van der Waals surface area (Å²) in [6.45, 7) is 0. The fourth-order valence-electron chi connectivity index (χ4n) is 1.95. The zero-order chi connectivity index (χ0) is 6.97. The van der Waals surface area contributed by atoms with Gasteiger partial charge < -0.3 is 0 Å². The molecule has 3 atom stereocenters. The number of fused-ring (bicyclic) bond motifs is 2. The molecular formula is C7H9N3. The van der Waals surface area contributed by atoms with Crippen LogP contribution in [0.5, 0.6) is 0 Å². The van der Waals surface area contributed by atoms with E-state index in [0.717, 1.165) is 6.42 Å². The summed E-state index contributed by atoms with van der Waals surface area (Å²) in [7, 11) is 0. The molecule has 0 N–H and O–H groups in total. The molecule has 0 aromatic heterocycles. The van der Waals surface area contributed by atoms with E-state index < -0.39 is 0 Å². The highest BCUT2D eigenvalue weighted by atomic mass is 15.2. The van der Waals surface area contributed by atoms with Gasteiger partial charge in [0, 0.05) is 11.0 Å². The van der Waals surface area contributed by atoms with E-state index in [1.165, 1.54) is 6.42 Å². The van der Waals surface area contributed by atoms with E-state index in [0.29, 0.717) is 11.8 Å². The lowest BCUT2D eigenvalue weighted by Crippen LogP contribution is -2.08. The maximum atomic E-state index is 8.19. The predicted molar refractivity (Wildman–Crippen MR) is 38.3 cm³/mol. The van der Waals surface area contributed by atoms with Gasteiger partial charge in [0.25, 0.3) is 0 Å². The Hall–Kier alpha value is -0.950. The van der Waals surface area contributed by atoms with Crippen molar-refractivity contribution in [1.29, 1.82) is 0 Å². The monoisotopic (exact) mass is 135 g/mol. The summed E-state index contributed by atoms with van der Waals surface area (Å²) in [5, 5.41) is 3.74. The minimum atomic E-state index is 0.264. The molecule has 2 aliphatic rings. The third-order valence-corrected chi connectivity index (χ3v) is 2.44. The maximum Gasteiger partial charge on any atom is 0.0442 e. The fourth-order valence-corrected chi connectivity index (χ4v) is 1.95. The molecule has 3 heteroatoms. The van der Waals surface area contributed by atoms with Gasteiger partial charge in [-0.1, -0.05) is 17.3 Å². The lowest BCUT2D eigenvalue weighted by Gasteiger charge is -2.09. The smallest absolute Gasteiger partial charge is 0.0442 e. The number of rotatable bonds is 1. The van der Waals surface area contributed by atoms with Gasteiger partial charge in [0.2, 0.25) is 0 Å².